The Morgan fingerprint density at radius 1 is 1.38 bits per heavy atom. The van der Waals surface area contributed by atoms with E-state index in [9.17, 15) is 4.79 Å². The maximum absolute atomic E-state index is 12.0. The summed E-state index contributed by atoms with van der Waals surface area (Å²) in [5, 5.41) is 13.2. The van der Waals surface area contributed by atoms with Gasteiger partial charge in [0.15, 0.2) is 0 Å². The van der Waals surface area contributed by atoms with Crippen LogP contribution >= 0.6 is 0 Å². The van der Waals surface area contributed by atoms with Gasteiger partial charge < -0.3 is 5.11 Å². The van der Waals surface area contributed by atoms with Crippen LogP contribution in [0, 0.1) is 5.92 Å². The number of carbonyl (C=O) groups is 1. The first-order chi connectivity index (χ1) is 7.74. The van der Waals surface area contributed by atoms with Gasteiger partial charge in [0.2, 0.25) is 5.69 Å². The zero-order valence-corrected chi connectivity index (χ0v) is 9.21. The van der Waals surface area contributed by atoms with Crippen LogP contribution in [0.5, 0.6) is 0 Å². The Balaban J connectivity index is 2.25. The van der Waals surface area contributed by atoms with Crippen LogP contribution in [0.15, 0.2) is 35.4 Å². The van der Waals surface area contributed by atoms with E-state index in [1.807, 2.05) is 37.3 Å². The summed E-state index contributed by atoms with van der Waals surface area (Å²) in [4.78, 5) is 12.0. The van der Waals surface area contributed by atoms with Gasteiger partial charge >= 0.3 is 5.91 Å². The minimum atomic E-state index is -0.190. The summed E-state index contributed by atoms with van der Waals surface area (Å²) in [6, 6.07) is 9.31. The van der Waals surface area contributed by atoms with Gasteiger partial charge in [0.05, 0.1) is 0 Å². The van der Waals surface area contributed by atoms with Crippen molar-refractivity contribution in [2.24, 2.45) is 11.0 Å². The molecule has 4 heteroatoms. The van der Waals surface area contributed by atoms with Crippen LogP contribution in [0.4, 0.5) is 5.69 Å². The van der Waals surface area contributed by atoms with E-state index in [0.717, 1.165) is 5.69 Å². The van der Waals surface area contributed by atoms with Gasteiger partial charge in [0.1, 0.15) is 12.0 Å². The van der Waals surface area contributed by atoms with E-state index in [-0.39, 0.29) is 24.5 Å². The molecule has 1 aromatic rings. The molecule has 84 valence electrons. The lowest BCUT2D eigenvalue weighted by Crippen LogP contribution is -2.23. The van der Waals surface area contributed by atoms with Gasteiger partial charge in [-0.25, -0.2) is 4.79 Å². The van der Waals surface area contributed by atoms with Crippen molar-refractivity contribution < 1.29 is 14.6 Å². The van der Waals surface area contributed by atoms with Gasteiger partial charge in [-0.05, 0) is 23.2 Å². The number of hydrogen-bond acceptors (Lipinski definition) is 3. The van der Waals surface area contributed by atoms with Gasteiger partial charge in [0, 0.05) is 18.7 Å². The SMILES string of the molecule is CC1N=[N+](c2ccccc2)C(=O)C1CCO. The van der Waals surface area contributed by atoms with Gasteiger partial charge in [-0.15, -0.1) is 0 Å². The molecular formula is C12H15N2O2+. The average Bonchev–Trinajstić information content (AvgIpc) is 2.59. The number of aliphatic hydroxyl groups excluding tert-OH is 1. The maximum Gasteiger partial charge on any atom is 0.422 e. The van der Waals surface area contributed by atoms with Crippen LogP contribution in [0.3, 0.4) is 0 Å². The molecule has 1 heterocycles. The summed E-state index contributed by atoms with van der Waals surface area (Å²) in [5.41, 5.74) is 0.791. The first-order valence-electron chi connectivity index (χ1n) is 5.44. The van der Waals surface area contributed by atoms with Crippen molar-refractivity contribution in [1.82, 2.24) is 0 Å². The highest BCUT2D eigenvalue weighted by Crippen LogP contribution is 2.26. The molecule has 0 fully saturated rings. The van der Waals surface area contributed by atoms with Gasteiger partial charge in [-0.1, -0.05) is 18.2 Å². The second kappa shape index (κ2) is 4.53. The Morgan fingerprint density at radius 3 is 2.69 bits per heavy atom. The van der Waals surface area contributed by atoms with Crippen LogP contribution in [0.1, 0.15) is 13.3 Å². The second-order valence-electron chi connectivity index (χ2n) is 3.96. The van der Waals surface area contributed by atoms with E-state index >= 15 is 0 Å². The quantitative estimate of drug-likeness (QED) is 0.787. The predicted octanol–water partition coefficient (Wildman–Crippen LogP) is 1.71. The standard InChI is InChI=1S/C12H15N2O2/c1-9-11(7-8-15)12(16)14(13-9)10-5-3-2-4-6-10/h2-6,9,11,15H,7-8H2,1H3/q+1. The third-order valence-electron chi connectivity index (χ3n) is 2.85. The van der Waals surface area contributed by atoms with Gasteiger partial charge in [0.25, 0.3) is 0 Å². The number of para-hydroxylation sites is 1. The smallest absolute Gasteiger partial charge is 0.396 e. The summed E-state index contributed by atoms with van der Waals surface area (Å²) in [6.45, 7) is 1.93. The fraction of sp³-hybridized carbons (Fsp3) is 0.417. The molecule has 0 spiro atoms. The number of nitrogens with zero attached hydrogens (tertiary/aromatic N) is 2. The molecule has 0 aliphatic carbocycles. The summed E-state index contributed by atoms with van der Waals surface area (Å²) < 4.78 is 1.45. The summed E-state index contributed by atoms with van der Waals surface area (Å²) in [6.07, 6.45) is 0.479. The van der Waals surface area contributed by atoms with Gasteiger partial charge in [-0.3, -0.25) is 0 Å². The Kier molecular flexibility index (Phi) is 3.10. The molecule has 0 saturated heterocycles. The lowest BCUT2D eigenvalue weighted by atomic mass is 9.99. The Hall–Kier alpha value is -1.55. The third-order valence-corrected chi connectivity index (χ3v) is 2.85. The highest BCUT2D eigenvalue weighted by Gasteiger charge is 2.43. The molecule has 4 nitrogen and oxygen atoms in total. The van der Waals surface area contributed by atoms with Crippen molar-refractivity contribution in [3.8, 4) is 0 Å². The molecule has 16 heavy (non-hydrogen) atoms. The molecular weight excluding hydrogens is 204 g/mol. The number of rotatable bonds is 3. The van der Waals surface area contributed by atoms with Crippen LogP contribution in [0.2, 0.25) is 0 Å². The second-order valence-corrected chi connectivity index (χ2v) is 3.96. The molecule has 1 N–H and O–H groups in total. The maximum atomic E-state index is 12.0. The topological polar surface area (TPSA) is 52.7 Å². The molecule has 2 unspecified atom stereocenters. The summed E-state index contributed by atoms with van der Waals surface area (Å²) >= 11 is 0. The number of benzene rings is 1. The van der Waals surface area contributed by atoms with Crippen LogP contribution in [0.25, 0.3) is 0 Å². The highest BCUT2D eigenvalue weighted by molar-refractivity contribution is 5.74. The zero-order chi connectivity index (χ0) is 11.5. The molecule has 0 radical (unpaired) electrons. The lowest BCUT2D eigenvalue weighted by molar-refractivity contribution is -0.426. The molecule has 0 saturated carbocycles. The normalized spacial score (nSPS) is 24.6. The summed E-state index contributed by atoms with van der Waals surface area (Å²) in [7, 11) is 0. The molecule has 2 rings (SSSR count). The summed E-state index contributed by atoms with van der Waals surface area (Å²) in [5.74, 6) is -0.210. The molecule has 1 aliphatic heterocycles. The fourth-order valence-corrected chi connectivity index (χ4v) is 1.95. The number of azo groups is 2. The lowest BCUT2D eigenvalue weighted by Gasteiger charge is -2.02. The molecule has 1 amide bonds. The highest BCUT2D eigenvalue weighted by atomic mass is 16.3. The minimum absolute atomic E-state index is 0.0206. The monoisotopic (exact) mass is 219 g/mol. The minimum Gasteiger partial charge on any atom is -0.396 e. The van der Waals surface area contributed by atoms with Crippen molar-refractivity contribution in [3.63, 3.8) is 0 Å². The fourth-order valence-electron chi connectivity index (χ4n) is 1.95. The van der Waals surface area contributed by atoms with Crippen molar-refractivity contribution in [1.29, 1.82) is 0 Å². The molecule has 0 bridgehead atoms. The van der Waals surface area contributed by atoms with E-state index in [0.29, 0.717) is 6.42 Å². The zero-order valence-electron chi connectivity index (χ0n) is 9.21. The largest absolute Gasteiger partial charge is 0.422 e. The van der Waals surface area contributed by atoms with Crippen LogP contribution < -0.4 is 0 Å². The Labute approximate surface area is 94.2 Å². The van der Waals surface area contributed by atoms with Gasteiger partial charge in [-0.2, -0.15) is 0 Å². The number of amides is 1. The number of aliphatic hydroxyl groups is 1. The van der Waals surface area contributed by atoms with Crippen molar-refractivity contribution >= 4 is 11.6 Å². The van der Waals surface area contributed by atoms with Crippen LogP contribution in [-0.2, 0) is 4.79 Å². The van der Waals surface area contributed by atoms with Crippen molar-refractivity contribution in [2.45, 2.75) is 19.4 Å². The first kappa shape index (κ1) is 11.0. The molecule has 1 aliphatic rings. The van der Waals surface area contributed by atoms with E-state index < -0.39 is 0 Å². The Morgan fingerprint density at radius 2 is 2.06 bits per heavy atom. The van der Waals surface area contributed by atoms with Crippen LogP contribution in [-0.4, -0.2) is 28.4 Å². The van der Waals surface area contributed by atoms with E-state index in [4.69, 9.17) is 5.11 Å². The number of hydrogen-bond donors (Lipinski definition) is 1. The van der Waals surface area contributed by atoms with E-state index in [1.54, 1.807) is 0 Å². The van der Waals surface area contributed by atoms with Crippen molar-refractivity contribution in [2.75, 3.05) is 6.61 Å². The third kappa shape index (κ3) is 1.88. The van der Waals surface area contributed by atoms with E-state index in [1.165, 1.54) is 4.70 Å². The number of carbonyl (C=O) groups excluding carboxylic acids is 1. The molecule has 1 aromatic carbocycles. The first-order valence-corrected chi connectivity index (χ1v) is 5.44. The Bertz CT molecular complexity index is 414. The van der Waals surface area contributed by atoms with Crippen molar-refractivity contribution in [3.05, 3.63) is 30.3 Å². The van der Waals surface area contributed by atoms with E-state index in [2.05, 4.69) is 5.11 Å². The molecule has 0 aromatic heterocycles. The predicted molar refractivity (Wildman–Crippen MR) is 58.5 cm³/mol. The average molecular weight is 219 g/mol. The molecule has 2 atom stereocenters.